The Morgan fingerprint density at radius 1 is 1.03 bits per heavy atom. The van der Waals surface area contributed by atoms with Gasteiger partial charge >= 0.3 is 5.97 Å². The maximum Gasteiger partial charge on any atom is 0.340 e. The van der Waals surface area contributed by atoms with E-state index < -0.39 is 12.1 Å². The lowest BCUT2D eigenvalue weighted by atomic mass is 9.88. The van der Waals surface area contributed by atoms with Crippen molar-refractivity contribution in [3.05, 3.63) is 67.5 Å². The smallest absolute Gasteiger partial charge is 0.340 e. The first-order valence-electron chi connectivity index (χ1n) is 13.2. The lowest BCUT2D eigenvalue weighted by Gasteiger charge is -2.25. The van der Waals surface area contributed by atoms with Crippen molar-refractivity contribution in [3.8, 4) is 5.75 Å². The average molecular weight is 494 g/mol. The quantitative estimate of drug-likeness (QED) is 0.626. The molecule has 0 bridgehead atoms. The summed E-state index contributed by atoms with van der Waals surface area (Å²) < 4.78 is 12.7. The number of phenolic OH excluding ortho intramolecular Hbond substituents is 1. The molecular formula is C30H39NO5. The van der Waals surface area contributed by atoms with Gasteiger partial charge in [-0.15, -0.1) is 0 Å². The number of hydrogen-bond acceptors (Lipinski definition) is 5. The van der Waals surface area contributed by atoms with Crippen molar-refractivity contribution in [2.75, 3.05) is 6.61 Å². The number of esters is 1. The molecule has 1 N–H and O–H groups in total. The maximum atomic E-state index is 13.5. The SMILES string of the molecule is CC.CC.CCOC1C(=O)OCc2c1cc1n(c2=O)CC2=C1CC/C(C)=c1\ccc(O)c\c1=C\2CC. The Hall–Kier alpha value is -3.12. The van der Waals surface area contributed by atoms with E-state index in [2.05, 4.69) is 13.8 Å². The molecule has 1 unspecified atom stereocenters. The van der Waals surface area contributed by atoms with E-state index in [0.29, 0.717) is 24.3 Å². The number of rotatable bonds is 3. The largest absolute Gasteiger partial charge is 0.508 e. The van der Waals surface area contributed by atoms with Crippen molar-refractivity contribution in [1.29, 1.82) is 0 Å². The van der Waals surface area contributed by atoms with Gasteiger partial charge in [0.2, 0.25) is 0 Å². The van der Waals surface area contributed by atoms with Crippen LogP contribution in [0.5, 0.6) is 5.75 Å². The van der Waals surface area contributed by atoms with Gasteiger partial charge < -0.3 is 19.1 Å². The highest BCUT2D eigenvalue weighted by molar-refractivity contribution is 5.86. The molecule has 36 heavy (non-hydrogen) atoms. The van der Waals surface area contributed by atoms with E-state index in [1.165, 1.54) is 5.57 Å². The third-order valence-electron chi connectivity index (χ3n) is 6.87. The minimum Gasteiger partial charge on any atom is -0.508 e. The van der Waals surface area contributed by atoms with Gasteiger partial charge in [-0.25, -0.2) is 4.79 Å². The summed E-state index contributed by atoms with van der Waals surface area (Å²) in [5, 5.41) is 12.4. The monoisotopic (exact) mass is 493 g/mol. The molecule has 0 saturated heterocycles. The summed E-state index contributed by atoms with van der Waals surface area (Å²) >= 11 is 0. The highest BCUT2D eigenvalue weighted by Gasteiger charge is 2.36. The number of fused-ring (bicyclic) bond motifs is 4. The number of ether oxygens (including phenoxy) is 2. The predicted molar refractivity (Wildman–Crippen MR) is 144 cm³/mol. The van der Waals surface area contributed by atoms with E-state index in [-0.39, 0.29) is 17.9 Å². The summed E-state index contributed by atoms with van der Waals surface area (Å²) in [4.78, 5) is 25.8. The summed E-state index contributed by atoms with van der Waals surface area (Å²) in [5.41, 5.74) is 6.58. The average Bonchev–Trinajstić information content (AvgIpc) is 3.25. The van der Waals surface area contributed by atoms with Gasteiger partial charge in [0.05, 0.1) is 12.1 Å². The van der Waals surface area contributed by atoms with Crippen LogP contribution in [0, 0.1) is 0 Å². The van der Waals surface area contributed by atoms with E-state index in [4.69, 9.17) is 9.47 Å². The van der Waals surface area contributed by atoms with Gasteiger partial charge in [-0.2, -0.15) is 0 Å². The zero-order valence-electron chi connectivity index (χ0n) is 22.7. The van der Waals surface area contributed by atoms with Crippen LogP contribution >= 0.6 is 0 Å². The molecule has 1 aromatic carbocycles. The second-order valence-electron chi connectivity index (χ2n) is 8.60. The Balaban J connectivity index is 0.000000861. The fraction of sp³-hybridized carbons (Fsp3) is 0.467. The molecule has 3 aliphatic rings. The van der Waals surface area contributed by atoms with Crippen molar-refractivity contribution in [2.24, 2.45) is 0 Å². The van der Waals surface area contributed by atoms with Gasteiger partial charge in [-0.3, -0.25) is 4.79 Å². The molecule has 6 nitrogen and oxygen atoms in total. The van der Waals surface area contributed by atoms with E-state index >= 15 is 0 Å². The minimum absolute atomic E-state index is 0.0184. The van der Waals surface area contributed by atoms with Crippen molar-refractivity contribution >= 4 is 22.7 Å². The molecule has 5 rings (SSSR count). The van der Waals surface area contributed by atoms with E-state index in [1.807, 2.05) is 57.4 Å². The number of allylic oxidation sites excluding steroid dienone is 2. The number of aromatic nitrogens is 1. The molecule has 1 atom stereocenters. The van der Waals surface area contributed by atoms with E-state index in [9.17, 15) is 14.7 Å². The number of phenols is 1. The first-order chi connectivity index (χ1) is 17.4. The van der Waals surface area contributed by atoms with Crippen LogP contribution in [-0.4, -0.2) is 22.2 Å². The van der Waals surface area contributed by atoms with Gasteiger partial charge in [-0.1, -0.05) is 46.3 Å². The third kappa shape index (κ3) is 4.66. The van der Waals surface area contributed by atoms with Crippen LogP contribution in [0.1, 0.15) is 90.7 Å². The van der Waals surface area contributed by atoms with Gasteiger partial charge in [0, 0.05) is 17.9 Å². The Labute approximate surface area is 213 Å². The molecular weight excluding hydrogens is 454 g/mol. The van der Waals surface area contributed by atoms with Gasteiger partial charge in [-0.05, 0) is 78.5 Å². The van der Waals surface area contributed by atoms with Crippen molar-refractivity contribution < 1.29 is 19.4 Å². The Kier molecular flexibility index (Phi) is 8.96. The molecule has 0 radical (unpaired) electrons. The summed E-state index contributed by atoms with van der Waals surface area (Å²) in [5.74, 6) is -0.202. The summed E-state index contributed by atoms with van der Waals surface area (Å²) in [6.07, 6.45) is 1.60. The van der Waals surface area contributed by atoms with E-state index in [1.54, 1.807) is 6.07 Å². The Morgan fingerprint density at radius 2 is 1.75 bits per heavy atom. The van der Waals surface area contributed by atoms with Crippen LogP contribution in [0.3, 0.4) is 0 Å². The lowest BCUT2D eigenvalue weighted by Crippen LogP contribution is -2.34. The standard InChI is InChI=1S/C26H27NO5.2C2H6/c1-4-16-19-10-15(28)7-9-17(19)14(3)6-8-18-21(16)12-27-23(18)11-20-22(25(27)29)13-32-26(30)24(20)31-5-2;2*1-2/h7,9-11,24,28H,4-6,8,12-13H2,1-3H3;2*1-2H3/b17-14+,19-16-;;. The highest BCUT2D eigenvalue weighted by atomic mass is 16.6. The zero-order chi connectivity index (χ0) is 26.6. The zero-order valence-corrected chi connectivity index (χ0v) is 22.7. The molecule has 194 valence electrons. The number of benzene rings is 1. The first-order valence-corrected chi connectivity index (χ1v) is 13.2. The van der Waals surface area contributed by atoms with E-state index in [0.717, 1.165) is 52.1 Å². The molecule has 6 heteroatoms. The van der Waals surface area contributed by atoms with Crippen LogP contribution in [0.2, 0.25) is 0 Å². The highest BCUT2D eigenvalue weighted by Crippen LogP contribution is 2.39. The fourth-order valence-electron chi connectivity index (χ4n) is 5.30. The van der Waals surface area contributed by atoms with Gasteiger partial charge in [0.15, 0.2) is 6.10 Å². The van der Waals surface area contributed by atoms with Crippen molar-refractivity contribution in [1.82, 2.24) is 4.57 Å². The first kappa shape index (κ1) is 27.5. The second-order valence-corrected chi connectivity index (χ2v) is 8.60. The van der Waals surface area contributed by atoms with Crippen LogP contribution in [0.4, 0.5) is 0 Å². The number of hydrogen-bond donors (Lipinski definition) is 1. The van der Waals surface area contributed by atoms with Crippen molar-refractivity contribution in [2.45, 2.75) is 87.0 Å². The summed E-state index contributed by atoms with van der Waals surface area (Å²) in [7, 11) is 0. The topological polar surface area (TPSA) is 77.8 Å². The Morgan fingerprint density at radius 3 is 2.42 bits per heavy atom. The number of pyridine rings is 1. The second kappa shape index (κ2) is 11.7. The fourth-order valence-corrected chi connectivity index (χ4v) is 5.30. The number of aromatic hydroxyl groups is 1. The molecule has 3 heterocycles. The third-order valence-corrected chi connectivity index (χ3v) is 6.87. The molecule has 2 aromatic rings. The van der Waals surface area contributed by atoms with Gasteiger partial charge in [0.25, 0.3) is 5.56 Å². The lowest BCUT2D eigenvalue weighted by molar-refractivity contribution is -0.161. The molecule has 2 aliphatic heterocycles. The number of cyclic esters (lactones) is 1. The number of nitrogens with zero attached hydrogens (tertiary/aromatic N) is 1. The Bertz CT molecular complexity index is 1360. The van der Waals surface area contributed by atoms with Crippen LogP contribution in [0.15, 0.2) is 34.6 Å². The molecule has 1 aromatic heterocycles. The molecule has 0 saturated carbocycles. The molecule has 0 fully saturated rings. The number of carbonyl (C=O) groups is 1. The molecule has 0 amide bonds. The van der Waals surface area contributed by atoms with Crippen LogP contribution in [0.25, 0.3) is 16.7 Å². The van der Waals surface area contributed by atoms with Gasteiger partial charge in [0.1, 0.15) is 12.4 Å². The maximum absolute atomic E-state index is 13.5. The molecule has 1 aliphatic carbocycles. The normalized spacial score (nSPS) is 20.8. The van der Waals surface area contributed by atoms with Crippen molar-refractivity contribution in [3.63, 3.8) is 0 Å². The summed E-state index contributed by atoms with van der Waals surface area (Å²) in [6.45, 7) is 14.9. The summed E-state index contributed by atoms with van der Waals surface area (Å²) in [6, 6.07) is 7.53. The number of carbonyl (C=O) groups excluding carboxylic acids is 1. The molecule has 0 spiro atoms. The minimum atomic E-state index is -0.860. The van der Waals surface area contributed by atoms with Crippen LogP contribution in [-0.2, 0) is 27.4 Å². The van der Waals surface area contributed by atoms with Crippen LogP contribution < -0.4 is 16.0 Å². The predicted octanol–water partition coefficient (Wildman–Crippen LogP) is 4.73.